The molecule has 2 aromatic rings. The van der Waals surface area contributed by atoms with E-state index in [-0.39, 0.29) is 11.9 Å². The van der Waals surface area contributed by atoms with Crippen LogP contribution < -0.4 is 24.3 Å². The standard InChI is InChI=1S/C21H27NO5/c1-5-18(27-20-9-7-6-8-19(20)25-4)21(23)22-15(2)14-26-17-12-10-16(24-3)11-13-17/h6-13,15,18H,5,14H2,1-4H3,(H,22,23)/t15-,18-/m1/s1. The van der Waals surface area contributed by atoms with Crippen LogP contribution in [0.4, 0.5) is 0 Å². The summed E-state index contributed by atoms with van der Waals surface area (Å²) in [4.78, 5) is 12.5. The van der Waals surface area contributed by atoms with Crippen molar-refractivity contribution >= 4 is 5.91 Å². The summed E-state index contributed by atoms with van der Waals surface area (Å²) in [5.41, 5.74) is 0. The maximum atomic E-state index is 12.5. The van der Waals surface area contributed by atoms with Crippen molar-refractivity contribution in [2.24, 2.45) is 0 Å². The normalized spacial score (nSPS) is 12.6. The number of carbonyl (C=O) groups is 1. The third-order valence-electron chi connectivity index (χ3n) is 3.95. The maximum absolute atomic E-state index is 12.5. The molecule has 2 rings (SSSR count). The lowest BCUT2D eigenvalue weighted by Gasteiger charge is -2.21. The van der Waals surface area contributed by atoms with E-state index in [4.69, 9.17) is 18.9 Å². The van der Waals surface area contributed by atoms with Crippen LogP contribution in [0.15, 0.2) is 48.5 Å². The minimum absolute atomic E-state index is 0.171. The zero-order valence-electron chi connectivity index (χ0n) is 16.2. The molecule has 0 unspecified atom stereocenters. The predicted molar refractivity (Wildman–Crippen MR) is 104 cm³/mol. The van der Waals surface area contributed by atoms with Crippen molar-refractivity contribution in [2.45, 2.75) is 32.4 Å². The fraction of sp³-hybridized carbons (Fsp3) is 0.381. The van der Waals surface area contributed by atoms with Gasteiger partial charge in [-0.2, -0.15) is 0 Å². The number of benzene rings is 2. The zero-order valence-corrected chi connectivity index (χ0v) is 16.2. The largest absolute Gasteiger partial charge is 0.497 e. The lowest BCUT2D eigenvalue weighted by atomic mass is 10.2. The average Bonchev–Trinajstić information content (AvgIpc) is 2.70. The highest BCUT2D eigenvalue weighted by atomic mass is 16.5. The quantitative estimate of drug-likeness (QED) is 0.691. The Labute approximate surface area is 160 Å². The van der Waals surface area contributed by atoms with Gasteiger partial charge in [-0.25, -0.2) is 0 Å². The summed E-state index contributed by atoms with van der Waals surface area (Å²) < 4.78 is 21.9. The van der Waals surface area contributed by atoms with E-state index in [9.17, 15) is 4.79 Å². The molecule has 0 aromatic heterocycles. The van der Waals surface area contributed by atoms with Crippen LogP contribution in [0.5, 0.6) is 23.0 Å². The van der Waals surface area contributed by atoms with Gasteiger partial charge in [0.05, 0.1) is 20.3 Å². The summed E-state index contributed by atoms with van der Waals surface area (Å²) in [6.07, 6.45) is -0.0691. The fourth-order valence-corrected chi connectivity index (χ4v) is 2.46. The first kappa shape index (κ1) is 20.4. The molecule has 6 nitrogen and oxygen atoms in total. The molecule has 0 aliphatic rings. The molecule has 0 fully saturated rings. The smallest absolute Gasteiger partial charge is 0.261 e. The van der Waals surface area contributed by atoms with E-state index in [0.29, 0.717) is 30.3 Å². The number of rotatable bonds is 10. The van der Waals surface area contributed by atoms with Gasteiger partial charge in [0.25, 0.3) is 5.91 Å². The molecular formula is C21H27NO5. The minimum Gasteiger partial charge on any atom is -0.497 e. The SMILES string of the molecule is CC[C@@H](Oc1ccccc1OC)C(=O)N[C@H](C)COc1ccc(OC)cc1. The molecule has 2 aromatic carbocycles. The van der Waals surface area contributed by atoms with E-state index in [1.807, 2.05) is 50.2 Å². The van der Waals surface area contributed by atoms with Crippen molar-refractivity contribution in [3.05, 3.63) is 48.5 Å². The first-order chi connectivity index (χ1) is 13.1. The highest BCUT2D eigenvalue weighted by molar-refractivity contribution is 5.81. The molecule has 1 amide bonds. The van der Waals surface area contributed by atoms with Gasteiger partial charge < -0.3 is 24.3 Å². The topological polar surface area (TPSA) is 66.0 Å². The maximum Gasteiger partial charge on any atom is 0.261 e. The number of methoxy groups -OCH3 is 2. The molecule has 0 radical (unpaired) electrons. The number of nitrogens with one attached hydrogen (secondary N) is 1. The van der Waals surface area contributed by atoms with Gasteiger partial charge in [0.1, 0.15) is 18.1 Å². The zero-order chi connectivity index (χ0) is 19.6. The number of hydrogen-bond donors (Lipinski definition) is 1. The van der Waals surface area contributed by atoms with Crippen LogP contribution in [0.2, 0.25) is 0 Å². The van der Waals surface area contributed by atoms with Gasteiger partial charge in [-0.3, -0.25) is 4.79 Å². The molecular weight excluding hydrogens is 346 g/mol. The van der Waals surface area contributed by atoms with Crippen LogP contribution in [-0.4, -0.2) is 38.9 Å². The molecule has 1 N–H and O–H groups in total. The average molecular weight is 373 g/mol. The van der Waals surface area contributed by atoms with Crippen LogP contribution in [0.1, 0.15) is 20.3 Å². The van der Waals surface area contributed by atoms with Gasteiger partial charge in [-0.1, -0.05) is 19.1 Å². The Morgan fingerprint density at radius 2 is 1.59 bits per heavy atom. The first-order valence-corrected chi connectivity index (χ1v) is 8.94. The van der Waals surface area contributed by atoms with Crippen molar-refractivity contribution < 1.29 is 23.7 Å². The van der Waals surface area contributed by atoms with E-state index < -0.39 is 6.10 Å². The minimum atomic E-state index is -0.607. The van der Waals surface area contributed by atoms with Gasteiger partial charge in [0.2, 0.25) is 0 Å². The van der Waals surface area contributed by atoms with E-state index >= 15 is 0 Å². The second-order valence-electron chi connectivity index (χ2n) is 6.06. The molecule has 0 spiro atoms. The van der Waals surface area contributed by atoms with Gasteiger partial charge in [-0.05, 0) is 49.7 Å². The Hall–Kier alpha value is -2.89. The Balaban J connectivity index is 1.87. The summed E-state index contributed by atoms with van der Waals surface area (Å²) in [6.45, 7) is 4.14. The van der Waals surface area contributed by atoms with E-state index in [1.54, 1.807) is 26.4 Å². The summed E-state index contributed by atoms with van der Waals surface area (Å²) in [5.74, 6) is 2.44. The lowest BCUT2D eigenvalue weighted by molar-refractivity contribution is -0.129. The van der Waals surface area contributed by atoms with Crippen LogP contribution in [0.25, 0.3) is 0 Å². The number of hydrogen-bond acceptors (Lipinski definition) is 5. The number of ether oxygens (including phenoxy) is 4. The molecule has 146 valence electrons. The molecule has 6 heteroatoms. The molecule has 0 heterocycles. The van der Waals surface area contributed by atoms with Gasteiger partial charge in [-0.15, -0.1) is 0 Å². The summed E-state index contributed by atoms with van der Waals surface area (Å²) in [6, 6.07) is 14.4. The van der Waals surface area contributed by atoms with Gasteiger partial charge in [0, 0.05) is 0 Å². The monoisotopic (exact) mass is 373 g/mol. The van der Waals surface area contributed by atoms with Crippen LogP contribution in [0, 0.1) is 0 Å². The second-order valence-corrected chi connectivity index (χ2v) is 6.06. The Bertz CT molecular complexity index is 717. The fourth-order valence-electron chi connectivity index (χ4n) is 2.46. The van der Waals surface area contributed by atoms with Gasteiger partial charge in [0.15, 0.2) is 17.6 Å². The number of para-hydroxylation sites is 2. The molecule has 0 saturated heterocycles. The molecule has 0 bridgehead atoms. The molecule has 0 saturated carbocycles. The van der Waals surface area contributed by atoms with Crippen LogP contribution >= 0.6 is 0 Å². The van der Waals surface area contributed by atoms with E-state index in [0.717, 1.165) is 5.75 Å². The third kappa shape index (κ3) is 6.09. The lowest BCUT2D eigenvalue weighted by Crippen LogP contribution is -2.44. The summed E-state index contributed by atoms with van der Waals surface area (Å²) >= 11 is 0. The first-order valence-electron chi connectivity index (χ1n) is 8.94. The number of amides is 1. The Kier molecular flexibility index (Phi) is 7.79. The molecule has 27 heavy (non-hydrogen) atoms. The Morgan fingerprint density at radius 1 is 0.963 bits per heavy atom. The Morgan fingerprint density at radius 3 is 2.19 bits per heavy atom. The summed E-state index contributed by atoms with van der Waals surface area (Å²) in [5, 5.41) is 2.93. The van der Waals surface area contributed by atoms with Crippen LogP contribution in [0.3, 0.4) is 0 Å². The molecule has 2 atom stereocenters. The molecule has 0 aliphatic carbocycles. The van der Waals surface area contributed by atoms with Crippen LogP contribution in [-0.2, 0) is 4.79 Å². The second kappa shape index (κ2) is 10.3. The van der Waals surface area contributed by atoms with Crippen molar-refractivity contribution in [1.29, 1.82) is 0 Å². The number of carbonyl (C=O) groups excluding carboxylic acids is 1. The van der Waals surface area contributed by atoms with Crippen molar-refractivity contribution in [3.8, 4) is 23.0 Å². The van der Waals surface area contributed by atoms with E-state index in [1.165, 1.54) is 0 Å². The highest BCUT2D eigenvalue weighted by Gasteiger charge is 2.21. The highest BCUT2D eigenvalue weighted by Crippen LogP contribution is 2.27. The molecule has 0 aliphatic heterocycles. The van der Waals surface area contributed by atoms with E-state index in [2.05, 4.69) is 5.32 Å². The third-order valence-corrected chi connectivity index (χ3v) is 3.95. The van der Waals surface area contributed by atoms with Gasteiger partial charge >= 0.3 is 0 Å². The summed E-state index contributed by atoms with van der Waals surface area (Å²) in [7, 11) is 3.19. The van der Waals surface area contributed by atoms with Crippen molar-refractivity contribution in [2.75, 3.05) is 20.8 Å². The van der Waals surface area contributed by atoms with Crippen molar-refractivity contribution in [3.63, 3.8) is 0 Å². The predicted octanol–water partition coefficient (Wildman–Crippen LogP) is 3.44. The van der Waals surface area contributed by atoms with Crippen molar-refractivity contribution in [1.82, 2.24) is 5.32 Å².